The third-order valence-corrected chi connectivity index (χ3v) is 8.26. The number of hydrogen-bond donors (Lipinski definition) is 1. The molecule has 2 aromatic carbocycles. The Labute approximate surface area is 201 Å². The first kappa shape index (κ1) is 25.6. The average Bonchev–Trinajstić information content (AvgIpc) is 2.69. The summed E-state index contributed by atoms with van der Waals surface area (Å²) < 4.78 is 35.0. The topological polar surface area (TPSA) is 113 Å². The van der Waals surface area contributed by atoms with Crippen molar-refractivity contribution in [3.05, 3.63) is 55.5 Å². The predicted molar refractivity (Wildman–Crippen MR) is 125 cm³/mol. The van der Waals surface area contributed by atoms with E-state index in [0.29, 0.717) is 25.8 Å². The second kappa shape index (κ2) is 9.89. The molecule has 0 saturated carbocycles. The first-order valence-corrected chi connectivity index (χ1v) is 12.7. The van der Waals surface area contributed by atoms with Gasteiger partial charge in [0.15, 0.2) is 0 Å². The van der Waals surface area contributed by atoms with Crippen LogP contribution in [0.25, 0.3) is 0 Å². The Hall–Kier alpha value is -1.62. The van der Waals surface area contributed by atoms with Crippen LogP contribution in [0.15, 0.2) is 38.1 Å². The number of anilines is 1. The van der Waals surface area contributed by atoms with E-state index in [9.17, 15) is 18.0 Å². The highest BCUT2D eigenvalue weighted by molar-refractivity contribution is 9.11. The van der Waals surface area contributed by atoms with Gasteiger partial charge in [0, 0.05) is 25.3 Å². The van der Waals surface area contributed by atoms with Crippen LogP contribution < -0.4 is 5.73 Å². The van der Waals surface area contributed by atoms with Gasteiger partial charge >= 0.3 is 11.9 Å². The van der Waals surface area contributed by atoms with Crippen LogP contribution in [0.1, 0.15) is 34.1 Å². The number of halogens is 3. The van der Waals surface area contributed by atoms with Gasteiger partial charge in [0.2, 0.25) is 0 Å². The van der Waals surface area contributed by atoms with Crippen LogP contribution in [-0.2, 0) is 28.1 Å². The lowest BCUT2D eigenvalue weighted by molar-refractivity contribution is -0.151. The minimum absolute atomic E-state index is 0.202. The molecule has 0 aliphatic heterocycles. The number of methoxy groups -OCH3 is 2. The first-order chi connectivity index (χ1) is 14.3. The van der Waals surface area contributed by atoms with Gasteiger partial charge in [-0.1, -0.05) is 31.9 Å². The number of carbonyl (C=O) groups is 2. The van der Waals surface area contributed by atoms with Crippen molar-refractivity contribution in [2.24, 2.45) is 0 Å². The highest BCUT2D eigenvalue weighted by Crippen LogP contribution is 2.44. The molecule has 0 amide bonds. The summed E-state index contributed by atoms with van der Waals surface area (Å²) >= 11 is 6.86. The molecule has 0 aliphatic carbocycles. The molecule has 0 spiro atoms. The van der Waals surface area contributed by atoms with Crippen molar-refractivity contribution in [2.75, 3.05) is 20.0 Å². The fourth-order valence-corrected chi connectivity index (χ4v) is 5.12. The highest BCUT2D eigenvalue weighted by atomic mass is 79.9. The fraction of sp³-hybridized carbons (Fsp3) is 0.300. The van der Waals surface area contributed by atoms with Crippen molar-refractivity contribution in [1.29, 1.82) is 0 Å². The molecular weight excluding hydrogens is 578 g/mol. The molecule has 0 aromatic heterocycles. The van der Waals surface area contributed by atoms with Crippen LogP contribution in [0, 0.1) is 13.8 Å². The van der Waals surface area contributed by atoms with Crippen molar-refractivity contribution >= 4 is 69.2 Å². The Kier molecular flexibility index (Phi) is 8.18. The lowest BCUT2D eigenvalue weighted by atomic mass is 9.80. The van der Waals surface area contributed by atoms with Crippen molar-refractivity contribution in [3.63, 3.8) is 0 Å². The molecule has 0 fully saturated rings. The third kappa shape index (κ3) is 5.42. The molecule has 2 unspecified atom stereocenters. The smallest absolute Gasteiger partial charge is 0.314 e. The second-order valence-electron chi connectivity index (χ2n) is 6.82. The molecule has 0 aliphatic rings. The van der Waals surface area contributed by atoms with Crippen LogP contribution in [0.5, 0.6) is 0 Å². The maximum Gasteiger partial charge on any atom is 0.314 e. The van der Waals surface area contributed by atoms with Gasteiger partial charge < -0.3 is 15.2 Å². The number of benzene rings is 2. The van der Waals surface area contributed by atoms with Crippen molar-refractivity contribution in [2.45, 2.75) is 30.6 Å². The molecular formula is C20H20Br2ClNO6S. The van der Waals surface area contributed by atoms with Crippen LogP contribution in [0.2, 0.25) is 0 Å². The summed E-state index contributed by atoms with van der Waals surface area (Å²) in [5.74, 6) is -3.96. The zero-order chi connectivity index (χ0) is 23.7. The summed E-state index contributed by atoms with van der Waals surface area (Å²) in [6.07, 6.45) is 0. The summed E-state index contributed by atoms with van der Waals surface area (Å²) in [6, 6.07) is 5.86. The standard InChI is InChI=1S/C20H20Br2ClNO6S/c1-9-5-11(24)7-13(17(9)21)15(19(25)29-3)16(20(26)30-4)14-8-12(31(23,27)28)6-10(2)18(14)22/h5-8,15-16H,24H2,1-4H3. The zero-order valence-electron chi connectivity index (χ0n) is 17.0. The largest absolute Gasteiger partial charge is 0.469 e. The first-order valence-electron chi connectivity index (χ1n) is 8.79. The number of esters is 2. The number of carbonyl (C=O) groups excluding carboxylic acids is 2. The van der Waals surface area contributed by atoms with E-state index in [4.69, 9.17) is 25.9 Å². The van der Waals surface area contributed by atoms with Gasteiger partial charge in [0.05, 0.1) is 19.1 Å². The predicted octanol–water partition coefficient (Wildman–Crippen LogP) is 4.55. The second-order valence-corrected chi connectivity index (χ2v) is 11.0. The van der Waals surface area contributed by atoms with Gasteiger partial charge in [-0.25, -0.2) is 8.42 Å². The van der Waals surface area contributed by atoms with Crippen LogP contribution in [0.3, 0.4) is 0 Å². The molecule has 0 heterocycles. The number of nitrogen functional groups attached to an aromatic ring is 1. The molecule has 0 saturated heterocycles. The Morgan fingerprint density at radius 3 is 1.74 bits per heavy atom. The van der Waals surface area contributed by atoms with E-state index in [1.165, 1.54) is 26.4 Å². The number of aryl methyl sites for hydroxylation is 2. The van der Waals surface area contributed by atoms with Gasteiger partial charge in [-0.3, -0.25) is 9.59 Å². The summed E-state index contributed by atoms with van der Waals surface area (Å²) in [4.78, 5) is 25.7. The number of hydrogen-bond acceptors (Lipinski definition) is 7. The van der Waals surface area contributed by atoms with Crippen molar-refractivity contribution < 1.29 is 27.5 Å². The monoisotopic (exact) mass is 595 g/mol. The SMILES string of the molecule is COC(=O)C(c1cc(N)cc(C)c1Br)C(C(=O)OC)c1cc(S(=O)(=O)Cl)cc(C)c1Br. The van der Waals surface area contributed by atoms with Gasteiger partial charge in [-0.05, 0) is 60.4 Å². The van der Waals surface area contributed by atoms with E-state index < -0.39 is 32.8 Å². The fourth-order valence-electron chi connectivity index (χ4n) is 3.32. The Morgan fingerprint density at radius 1 is 0.903 bits per heavy atom. The van der Waals surface area contributed by atoms with E-state index in [0.717, 1.165) is 5.56 Å². The molecule has 7 nitrogen and oxygen atoms in total. The van der Waals surface area contributed by atoms with Crippen LogP contribution in [-0.4, -0.2) is 34.6 Å². The summed E-state index contributed by atoms with van der Waals surface area (Å²) in [5, 5.41) is 0. The molecule has 2 rings (SSSR count). The van der Waals surface area contributed by atoms with Gasteiger partial charge in [0.1, 0.15) is 11.8 Å². The lowest BCUT2D eigenvalue weighted by Gasteiger charge is -2.27. The number of nitrogens with two attached hydrogens (primary N) is 1. The third-order valence-electron chi connectivity index (χ3n) is 4.76. The van der Waals surface area contributed by atoms with E-state index >= 15 is 0 Å². The normalized spacial score (nSPS) is 13.4. The Bertz CT molecular complexity index is 1150. The Balaban J connectivity index is 2.94. The van der Waals surface area contributed by atoms with Gasteiger partial charge in [-0.15, -0.1) is 0 Å². The molecule has 11 heteroatoms. The summed E-state index contributed by atoms with van der Waals surface area (Å²) in [6.45, 7) is 3.42. The zero-order valence-corrected chi connectivity index (χ0v) is 21.8. The van der Waals surface area contributed by atoms with Crippen molar-refractivity contribution in [3.8, 4) is 0 Å². The van der Waals surface area contributed by atoms with E-state index in [1.54, 1.807) is 26.0 Å². The minimum Gasteiger partial charge on any atom is -0.469 e. The molecule has 0 radical (unpaired) electrons. The van der Waals surface area contributed by atoms with Crippen molar-refractivity contribution in [1.82, 2.24) is 0 Å². The molecule has 2 aromatic rings. The van der Waals surface area contributed by atoms with E-state index in [2.05, 4.69) is 31.9 Å². The lowest BCUT2D eigenvalue weighted by Crippen LogP contribution is -2.29. The van der Waals surface area contributed by atoms with E-state index in [-0.39, 0.29) is 10.5 Å². The molecule has 31 heavy (non-hydrogen) atoms. The molecule has 168 valence electrons. The van der Waals surface area contributed by atoms with Gasteiger partial charge in [0.25, 0.3) is 9.05 Å². The maximum absolute atomic E-state index is 13.0. The van der Waals surface area contributed by atoms with Gasteiger partial charge in [-0.2, -0.15) is 0 Å². The maximum atomic E-state index is 13.0. The summed E-state index contributed by atoms with van der Waals surface area (Å²) in [5.41, 5.74) is 8.20. The minimum atomic E-state index is -4.11. The number of ether oxygens (including phenoxy) is 2. The van der Waals surface area contributed by atoms with Crippen LogP contribution >= 0.6 is 42.5 Å². The molecule has 2 N–H and O–H groups in total. The highest BCUT2D eigenvalue weighted by Gasteiger charge is 2.41. The van der Waals surface area contributed by atoms with E-state index in [1.807, 2.05) is 0 Å². The Morgan fingerprint density at radius 2 is 1.32 bits per heavy atom. The summed E-state index contributed by atoms with van der Waals surface area (Å²) in [7, 11) is 3.80. The average molecular weight is 598 g/mol. The number of rotatable bonds is 6. The molecule has 0 bridgehead atoms. The quantitative estimate of drug-likeness (QED) is 0.295. The van der Waals surface area contributed by atoms with Crippen LogP contribution in [0.4, 0.5) is 5.69 Å². The molecule has 2 atom stereocenters.